The quantitative estimate of drug-likeness (QED) is 0.883. The molecule has 2 aromatic rings. The standard InChI is InChI=1S/C13H16N4O3S/c14-9(18)7-8-1-3-16(4-2-8)11-10(12(19)20)17-5-6-21-13(17)15-11/h5-6,8H,1-4,7H2,(H2,14,18)(H,19,20). The Balaban J connectivity index is 1.82. The highest BCUT2D eigenvalue weighted by atomic mass is 32.1. The van der Waals surface area contributed by atoms with Crippen molar-refractivity contribution in [2.24, 2.45) is 11.7 Å². The number of hydrogen-bond acceptors (Lipinski definition) is 5. The fraction of sp³-hybridized carbons (Fsp3) is 0.462. The summed E-state index contributed by atoms with van der Waals surface area (Å²) >= 11 is 1.41. The number of nitrogens with zero attached hydrogens (tertiary/aromatic N) is 3. The van der Waals surface area contributed by atoms with Crippen LogP contribution in [0.5, 0.6) is 0 Å². The zero-order valence-electron chi connectivity index (χ0n) is 11.4. The lowest BCUT2D eigenvalue weighted by Crippen LogP contribution is -2.36. The van der Waals surface area contributed by atoms with Gasteiger partial charge in [-0.2, -0.15) is 0 Å². The number of aromatic nitrogens is 2. The maximum atomic E-state index is 11.5. The van der Waals surface area contributed by atoms with Gasteiger partial charge >= 0.3 is 5.97 Å². The topological polar surface area (TPSA) is 101 Å². The molecule has 0 saturated carbocycles. The summed E-state index contributed by atoms with van der Waals surface area (Å²) in [5, 5.41) is 11.2. The number of amides is 1. The second kappa shape index (κ2) is 5.36. The monoisotopic (exact) mass is 308 g/mol. The number of primary amides is 1. The zero-order chi connectivity index (χ0) is 15.0. The predicted octanol–water partition coefficient (Wildman–Crippen LogP) is 1.19. The van der Waals surface area contributed by atoms with E-state index in [0.29, 0.717) is 30.3 Å². The van der Waals surface area contributed by atoms with Crippen LogP contribution in [0.3, 0.4) is 0 Å². The van der Waals surface area contributed by atoms with Crippen LogP contribution < -0.4 is 10.6 Å². The number of carbonyl (C=O) groups excluding carboxylic acids is 1. The van der Waals surface area contributed by atoms with Gasteiger partial charge in [-0.05, 0) is 18.8 Å². The number of piperidine rings is 1. The Bertz CT molecular complexity index is 685. The Morgan fingerprint density at radius 2 is 2.14 bits per heavy atom. The Morgan fingerprint density at radius 1 is 1.43 bits per heavy atom. The maximum absolute atomic E-state index is 11.5. The molecule has 3 rings (SSSR count). The summed E-state index contributed by atoms with van der Waals surface area (Å²) in [6, 6.07) is 0. The largest absolute Gasteiger partial charge is 0.476 e. The van der Waals surface area contributed by atoms with Crippen LogP contribution in [0, 0.1) is 5.92 Å². The Morgan fingerprint density at radius 3 is 2.76 bits per heavy atom. The molecule has 1 amide bonds. The molecular weight excluding hydrogens is 292 g/mol. The summed E-state index contributed by atoms with van der Waals surface area (Å²) in [6.07, 6.45) is 3.78. The summed E-state index contributed by atoms with van der Waals surface area (Å²) in [6.45, 7) is 1.39. The summed E-state index contributed by atoms with van der Waals surface area (Å²) < 4.78 is 1.61. The average Bonchev–Trinajstić information content (AvgIpc) is 2.98. The highest BCUT2D eigenvalue weighted by Gasteiger charge is 2.27. The number of carbonyl (C=O) groups is 2. The van der Waals surface area contributed by atoms with Crippen LogP contribution in [0.25, 0.3) is 4.96 Å². The van der Waals surface area contributed by atoms with E-state index < -0.39 is 5.97 Å². The molecular formula is C13H16N4O3S. The van der Waals surface area contributed by atoms with E-state index in [4.69, 9.17) is 5.73 Å². The molecule has 1 fully saturated rings. The molecule has 1 aliphatic rings. The van der Waals surface area contributed by atoms with Crippen molar-refractivity contribution in [1.29, 1.82) is 0 Å². The molecule has 3 heterocycles. The van der Waals surface area contributed by atoms with Crippen molar-refractivity contribution >= 4 is 34.0 Å². The van der Waals surface area contributed by atoms with Gasteiger partial charge in [0.2, 0.25) is 5.91 Å². The lowest BCUT2D eigenvalue weighted by molar-refractivity contribution is -0.119. The van der Waals surface area contributed by atoms with Gasteiger partial charge in [-0.1, -0.05) is 0 Å². The minimum absolute atomic E-state index is 0.208. The molecule has 2 aromatic heterocycles. The van der Waals surface area contributed by atoms with Crippen LogP contribution in [0.1, 0.15) is 29.8 Å². The fourth-order valence-corrected chi connectivity index (χ4v) is 3.54. The average molecular weight is 308 g/mol. The van der Waals surface area contributed by atoms with Crippen LogP contribution in [0.2, 0.25) is 0 Å². The number of carboxylic acids is 1. The third kappa shape index (κ3) is 2.58. The summed E-state index contributed by atoms with van der Waals surface area (Å²) in [5.41, 5.74) is 5.43. The zero-order valence-corrected chi connectivity index (χ0v) is 12.2. The van der Waals surface area contributed by atoms with Crippen molar-refractivity contribution in [3.63, 3.8) is 0 Å². The fourth-order valence-electron chi connectivity index (χ4n) is 2.83. The first-order chi connectivity index (χ1) is 10.1. The first kappa shape index (κ1) is 13.9. The third-order valence-corrected chi connectivity index (χ3v) is 4.61. The maximum Gasteiger partial charge on any atom is 0.356 e. The van der Waals surface area contributed by atoms with Crippen LogP contribution in [0.15, 0.2) is 11.6 Å². The molecule has 8 heteroatoms. The number of aromatic carboxylic acids is 1. The second-order valence-corrected chi connectivity index (χ2v) is 6.12. The van der Waals surface area contributed by atoms with Gasteiger partial charge in [0.1, 0.15) is 0 Å². The minimum atomic E-state index is -0.977. The highest BCUT2D eigenvalue weighted by molar-refractivity contribution is 7.15. The van der Waals surface area contributed by atoms with Crippen molar-refractivity contribution in [2.75, 3.05) is 18.0 Å². The lowest BCUT2D eigenvalue weighted by Gasteiger charge is -2.31. The van der Waals surface area contributed by atoms with E-state index in [2.05, 4.69) is 4.98 Å². The molecule has 0 aliphatic carbocycles. The third-order valence-electron chi connectivity index (χ3n) is 3.85. The molecule has 0 aromatic carbocycles. The number of thiazole rings is 1. The number of nitrogens with two attached hydrogens (primary N) is 1. The van der Waals surface area contributed by atoms with Crippen LogP contribution >= 0.6 is 11.3 Å². The Labute approximate surface area is 125 Å². The molecule has 1 aliphatic heterocycles. The summed E-state index contributed by atoms with van der Waals surface area (Å²) in [4.78, 5) is 29.6. The first-order valence-corrected chi connectivity index (χ1v) is 7.66. The van der Waals surface area contributed by atoms with Crippen LogP contribution in [-0.4, -0.2) is 39.5 Å². The number of imidazole rings is 1. The molecule has 0 unspecified atom stereocenters. The van der Waals surface area contributed by atoms with Gasteiger partial charge in [-0.3, -0.25) is 9.20 Å². The molecule has 21 heavy (non-hydrogen) atoms. The van der Waals surface area contributed by atoms with E-state index in [1.807, 2.05) is 10.3 Å². The highest BCUT2D eigenvalue weighted by Crippen LogP contribution is 2.29. The van der Waals surface area contributed by atoms with Crippen molar-refractivity contribution in [1.82, 2.24) is 9.38 Å². The number of carboxylic acid groups (broad SMARTS) is 1. The van der Waals surface area contributed by atoms with E-state index in [1.54, 1.807) is 10.6 Å². The van der Waals surface area contributed by atoms with E-state index in [-0.39, 0.29) is 17.5 Å². The van der Waals surface area contributed by atoms with Gasteiger partial charge in [0.15, 0.2) is 16.5 Å². The molecule has 0 radical (unpaired) electrons. The number of fused-ring (bicyclic) bond motifs is 1. The van der Waals surface area contributed by atoms with E-state index in [9.17, 15) is 14.7 Å². The van der Waals surface area contributed by atoms with Crippen molar-refractivity contribution in [2.45, 2.75) is 19.3 Å². The smallest absolute Gasteiger partial charge is 0.356 e. The normalized spacial score (nSPS) is 16.5. The lowest BCUT2D eigenvalue weighted by atomic mass is 9.93. The van der Waals surface area contributed by atoms with Crippen molar-refractivity contribution in [3.05, 3.63) is 17.3 Å². The van der Waals surface area contributed by atoms with Crippen molar-refractivity contribution < 1.29 is 14.7 Å². The summed E-state index contributed by atoms with van der Waals surface area (Å²) in [7, 11) is 0. The van der Waals surface area contributed by atoms with Crippen molar-refractivity contribution in [3.8, 4) is 0 Å². The molecule has 7 nitrogen and oxygen atoms in total. The van der Waals surface area contributed by atoms with Crippen LogP contribution in [0.4, 0.5) is 5.82 Å². The Hall–Kier alpha value is -2.09. The SMILES string of the molecule is NC(=O)CC1CCN(c2nc3sccn3c2C(=O)O)CC1. The molecule has 3 N–H and O–H groups in total. The Kier molecular flexibility index (Phi) is 3.54. The van der Waals surface area contributed by atoms with Crippen LogP contribution in [-0.2, 0) is 4.79 Å². The molecule has 0 atom stereocenters. The van der Waals surface area contributed by atoms with Gasteiger partial charge in [-0.15, -0.1) is 11.3 Å². The molecule has 0 bridgehead atoms. The van der Waals surface area contributed by atoms with Gasteiger partial charge in [-0.25, -0.2) is 9.78 Å². The number of rotatable bonds is 4. The number of anilines is 1. The van der Waals surface area contributed by atoms with Gasteiger partial charge in [0.05, 0.1) is 0 Å². The van der Waals surface area contributed by atoms with Gasteiger partial charge in [0.25, 0.3) is 0 Å². The summed E-state index contributed by atoms with van der Waals surface area (Å²) in [5.74, 6) is -0.444. The molecule has 112 valence electrons. The number of hydrogen-bond donors (Lipinski definition) is 2. The van der Waals surface area contributed by atoms with Gasteiger partial charge in [0, 0.05) is 31.1 Å². The minimum Gasteiger partial charge on any atom is -0.476 e. The molecule has 1 saturated heterocycles. The van der Waals surface area contributed by atoms with Gasteiger partial charge < -0.3 is 15.7 Å². The van der Waals surface area contributed by atoms with E-state index >= 15 is 0 Å². The molecule has 0 spiro atoms. The first-order valence-electron chi connectivity index (χ1n) is 6.78. The van der Waals surface area contributed by atoms with E-state index in [0.717, 1.165) is 12.8 Å². The predicted molar refractivity (Wildman–Crippen MR) is 78.8 cm³/mol. The van der Waals surface area contributed by atoms with E-state index in [1.165, 1.54) is 11.3 Å². The second-order valence-electron chi connectivity index (χ2n) is 5.25.